The normalized spacial score (nSPS) is 19.5. The van der Waals surface area contributed by atoms with Crippen molar-refractivity contribution in [3.63, 3.8) is 0 Å². The molecule has 2 aliphatic heterocycles. The van der Waals surface area contributed by atoms with Crippen LogP contribution < -0.4 is 9.64 Å². The second kappa shape index (κ2) is 9.51. The maximum Gasteiger partial charge on any atom is 0.239 e. The maximum atomic E-state index is 13.5. The van der Waals surface area contributed by atoms with E-state index in [1.54, 1.807) is 7.11 Å². The summed E-state index contributed by atoms with van der Waals surface area (Å²) in [6.07, 6.45) is 0.375. The highest BCUT2D eigenvalue weighted by Crippen LogP contribution is 2.47. The number of hydrazine groups is 1. The second-order valence-electron chi connectivity index (χ2n) is 9.28. The van der Waals surface area contributed by atoms with Gasteiger partial charge in [-0.1, -0.05) is 91.0 Å². The lowest BCUT2D eigenvalue weighted by Crippen LogP contribution is -2.47. The molecule has 0 aliphatic carbocycles. The van der Waals surface area contributed by atoms with Gasteiger partial charge in [0.05, 0.1) is 7.11 Å². The number of amides is 1. The molecule has 0 bridgehead atoms. The first kappa shape index (κ1) is 22.4. The number of hydrogen-bond acceptors (Lipinski definition) is 4. The Morgan fingerprint density at radius 2 is 1.42 bits per heavy atom. The Balaban J connectivity index is 1.56. The molecule has 4 aromatic carbocycles. The van der Waals surface area contributed by atoms with Gasteiger partial charge in [0.1, 0.15) is 18.0 Å². The van der Waals surface area contributed by atoms with E-state index in [0.29, 0.717) is 19.5 Å². The van der Waals surface area contributed by atoms with Gasteiger partial charge >= 0.3 is 0 Å². The lowest BCUT2D eigenvalue weighted by atomic mass is 9.95. The summed E-state index contributed by atoms with van der Waals surface area (Å²) >= 11 is 0. The van der Waals surface area contributed by atoms with Crippen molar-refractivity contribution in [3.05, 3.63) is 131 Å². The molecule has 2 atom stereocenters. The van der Waals surface area contributed by atoms with Crippen molar-refractivity contribution in [1.29, 1.82) is 0 Å². The van der Waals surface area contributed by atoms with Crippen LogP contribution in [-0.2, 0) is 11.3 Å². The number of methoxy groups -OCH3 is 1. The number of carbonyl (C=O) groups is 1. The van der Waals surface area contributed by atoms with E-state index >= 15 is 0 Å². The number of nitrogens with zero attached hydrogens (tertiary/aromatic N) is 3. The van der Waals surface area contributed by atoms with E-state index in [0.717, 1.165) is 28.1 Å². The summed E-state index contributed by atoms with van der Waals surface area (Å²) in [5.74, 6) is 1.00. The predicted octanol–water partition coefficient (Wildman–Crippen LogP) is 5.95. The van der Waals surface area contributed by atoms with Crippen molar-refractivity contribution in [2.45, 2.75) is 25.2 Å². The standard InChI is InChI=1S/C31H29N3O2/c1-36-26-18-16-23(17-19-26)22-32-28-15-9-8-14-27(28)30(24-10-4-2-5-11-24)34-29(35)20-21-33(34)31(32)25-12-6-3-7-13-25/h2-19,30-31H,20-22H2,1H3/t30-,31-/m1/s1. The molecule has 0 unspecified atom stereocenters. The Morgan fingerprint density at radius 3 is 2.11 bits per heavy atom. The molecule has 0 radical (unpaired) electrons. The summed E-state index contributed by atoms with van der Waals surface area (Å²) in [5.41, 5.74) is 5.73. The van der Waals surface area contributed by atoms with E-state index in [-0.39, 0.29) is 18.1 Å². The van der Waals surface area contributed by atoms with Crippen molar-refractivity contribution in [1.82, 2.24) is 10.0 Å². The highest BCUT2D eigenvalue weighted by atomic mass is 16.5. The highest BCUT2D eigenvalue weighted by molar-refractivity contribution is 5.80. The smallest absolute Gasteiger partial charge is 0.239 e. The molecule has 5 heteroatoms. The number of anilines is 1. The van der Waals surface area contributed by atoms with Crippen molar-refractivity contribution in [2.75, 3.05) is 18.6 Å². The van der Waals surface area contributed by atoms with Gasteiger partial charge in [0.2, 0.25) is 5.91 Å². The van der Waals surface area contributed by atoms with Crippen LogP contribution in [0, 0.1) is 0 Å². The molecule has 1 fully saturated rings. The number of ether oxygens (including phenoxy) is 1. The molecule has 0 spiro atoms. The van der Waals surface area contributed by atoms with E-state index < -0.39 is 0 Å². The number of para-hydroxylation sites is 1. The van der Waals surface area contributed by atoms with E-state index in [4.69, 9.17) is 4.74 Å². The molecule has 36 heavy (non-hydrogen) atoms. The number of fused-ring (bicyclic) bond motifs is 2. The van der Waals surface area contributed by atoms with Gasteiger partial charge in [0, 0.05) is 30.8 Å². The van der Waals surface area contributed by atoms with Gasteiger partial charge < -0.3 is 9.64 Å². The first-order chi connectivity index (χ1) is 17.7. The van der Waals surface area contributed by atoms with E-state index in [1.165, 1.54) is 5.56 Å². The zero-order valence-electron chi connectivity index (χ0n) is 20.3. The van der Waals surface area contributed by atoms with Gasteiger partial charge in [-0.25, -0.2) is 0 Å². The van der Waals surface area contributed by atoms with E-state index in [9.17, 15) is 4.79 Å². The van der Waals surface area contributed by atoms with Crippen molar-refractivity contribution in [3.8, 4) is 5.75 Å². The molecule has 2 aliphatic rings. The van der Waals surface area contributed by atoms with Gasteiger partial charge in [-0.15, -0.1) is 0 Å². The number of rotatable bonds is 5. The molecule has 0 N–H and O–H groups in total. The molecular formula is C31H29N3O2. The van der Waals surface area contributed by atoms with Crippen LogP contribution in [0.4, 0.5) is 5.69 Å². The molecule has 5 nitrogen and oxygen atoms in total. The van der Waals surface area contributed by atoms with Crippen LogP contribution in [0.15, 0.2) is 109 Å². The third kappa shape index (κ3) is 3.91. The SMILES string of the molecule is COc1ccc(CN2c3ccccc3[C@@H](c3ccccc3)N3C(=O)CCN3[C@@H]2c2ccccc2)cc1. The average molecular weight is 476 g/mol. The fourth-order valence-electron chi connectivity index (χ4n) is 5.55. The van der Waals surface area contributed by atoms with Gasteiger partial charge in [-0.3, -0.25) is 9.80 Å². The molecule has 2 heterocycles. The molecular weight excluding hydrogens is 446 g/mol. The third-order valence-electron chi connectivity index (χ3n) is 7.17. The van der Waals surface area contributed by atoms with Crippen LogP contribution in [0.5, 0.6) is 5.75 Å². The van der Waals surface area contributed by atoms with Crippen LogP contribution in [0.3, 0.4) is 0 Å². The molecule has 6 rings (SSSR count). The van der Waals surface area contributed by atoms with Crippen LogP contribution in [0.25, 0.3) is 0 Å². The fourth-order valence-corrected chi connectivity index (χ4v) is 5.55. The summed E-state index contributed by atoms with van der Waals surface area (Å²) < 4.78 is 5.39. The Bertz CT molecular complexity index is 1340. The molecule has 180 valence electrons. The summed E-state index contributed by atoms with van der Waals surface area (Å²) in [6, 6.07) is 37.5. The largest absolute Gasteiger partial charge is 0.497 e. The van der Waals surface area contributed by atoms with Crippen LogP contribution in [0.2, 0.25) is 0 Å². The lowest BCUT2D eigenvalue weighted by molar-refractivity contribution is -0.144. The quantitative estimate of drug-likeness (QED) is 0.357. The molecule has 1 amide bonds. The molecule has 0 saturated carbocycles. The van der Waals surface area contributed by atoms with Crippen LogP contribution in [-0.4, -0.2) is 29.6 Å². The maximum absolute atomic E-state index is 13.5. The lowest BCUT2D eigenvalue weighted by Gasteiger charge is -2.41. The van der Waals surface area contributed by atoms with Gasteiger partial charge in [0.25, 0.3) is 0 Å². The number of carbonyl (C=O) groups excluding carboxylic acids is 1. The average Bonchev–Trinajstić information content (AvgIpc) is 3.25. The molecule has 4 aromatic rings. The predicted molar refractivity (Wildman–Crippen MR) is 141 cm³/mol. The fraction of sp³-hybridized carbons (Fsp3) is 0.194. The number of benzene rings is 4. The Labute approximate surface area is 212 Å². The zero-order valence-corrected chi connectivity index (χ0v) is 20.3. The zero-order chi connectivity index (χ0) is 24.5. The van der Waals surface area contributed by atoms with E-state index in [2.05, 4.69) is 94.8 Å². The van der Waals surface area contributed by atoms with Crippen molar-refractivity contribution in [2.24, 2.45) is 0 Å². The Kier molecular flexibility index (Phi) is 5.91. The highest BCUT2D eigenvalue weighted by Gasteiger charge is 2.46. The third-order valence-corrected chi connectivity index (χ3v) is 7.17. The summed E-state index contributed by atoms with van der Waals surface area (Å²) in [4.78, 5) is 16.0. The second-order valence-corrected chi connectivity index (χ2v) is 9.28. The number of hydrogen-bond donors (Lipinski definition) is 0. The van der Waals surface area contributed by atoms with Gasteiger partial charge in [-0.2, -0.15) is 5.01 Å². The monoisotopic (exact) mass is 475 g/mol. The summed E-state index contributed by atoms with van der Waals surface area (Å²) in [7, 11) is 1.69. The summed E-state index contributed by atoms with van der Waals surface area (Å²) in [5, 5.41) is 4.29. The molecule has 1 saturated heterocycles. The van der Waals surface area contributed by atoms with Crippen LogP contribution >= 0.6 is 0 Å². The molecule has 0 aromatic heterocycles. The minimum Gasteiger partial charge on any atom is -0.497 e. The van der Waals surface area contributed by atoms with E-state index in [1.807, 2.05) is 29.3 Å². The minimum atomic E-state index is -0.190. The Morgan fingerprint density at radius 1 is 0.778 bits per heavy atom. The first-order valence-electron chi connectivity index (χ1n) is 12.4. The minimum absolute atomic E-state index is 0.130. The first-order valence-corrected chi connectivity index (χ1v) is 12.4. The van der Waals surface area contributed by atoms with Gasteiger partial charge in [-0.05, 0) is 34.9 Å². The van der Waals surface area contributed by atoms with Crippen LogP contribution in [0.1, 0.15) is 40.9 Å². The summed E-state index contributed by atoms with van der Waals surface area (Å²) in [6.45, 7) is 1.37. The Hall–Kier alpha value is -4.09. The topological polar surface area (TPSA) is 36.0 Å². The van der Waals surface area contributed by atoms with Crippen molar-refractivity contribution >= 4 is 11.6 Å². The van der Waals surface area contributed by atoms with Gasteiger partial charge in [0.15, 0.2) is 0 Å². The van der Waals surface area contributed by atoms with Crippen molar-refractivity contribution < 1.29 is 9.53 Å².